The summed E-state index contributed by atoms with van der Waals surface area (Å²) in [6.07, 6.45) is 1.89. The van der Waals surface area contributed by atoms with Crippen LogP contribution >= 0.6 is 15.9 Å². The average Bonchev–Trinajstić information content (AvgIpc) is 2.81. The van der Waals surface area contributed by atoms with Crippen LogP contribution in [-0.2, 0) is 0 Å². The van der Waals surface area contributed by atoms with Gasteiger partial charge in [-0.3, -0.25) is 0 Å². The Morgan fingerprint density at radius 2 is 2.00 bits per heavy atom. The first-order chi connectivity index (χ1) is 8.26. The molecule has 2 N–H and O–H groups in total. The largest absolute Gasteiger partial charge is 0.331 e. The lowest BCUT2D eigenvalue weighted by atomic mass is 10.1. The average molecular weight is 290 g/mol. The van der Waals surface area contributed by atoms with E-state index in [1.54, 1.807) is 6.07 Å². The molecule has 0 spiro atoms. The van der Waals surface area contributed by atoms with Crippen molar-refractivity contribution in [2.75, 3.05) is 6.54 Å². The molecule has 86 valence electrons. The van der Waals surface area contributed by atoms with Crippen LogP contribution in [0.5, 0.6) is 0 Å². The van der Waals surface area contributed by atoms with E-state index in [-0.39, 0.29) is 6.04 Å². The van der Waals surface area contributed by atoms with E-state index >= 15 is 0 Å². The molecule has 0 bridgehead atoms. The maximum absolute atomic E-state index is 9.02. The summed E-state index contributed by atoms with van der Waals surface area (Å²) < 4.78 is 2.94. The number of nitrogens with zero attached hydrogens (tertiary/aromatic N) is 2. The van der Waals surface area contributed by atoms with E-state index in [4.69, 9.17) is 11.0 Å². The van der Waals surface area contributed by atoms with Crippen molar-refractivity contribution in [3.8, 4) is 6.07 Å². The molecule has 0 aliphatic rings. The van der Waals surface area contributed by atoms with Gasteiger partial charge < -0.3 is 10.3 Å². The highest BCUT2D eigenvalue weighted by atomic mass is 79.9. The van der Waals surface area contributed by atoms with Crippen molar-refractivity contribution in [1.82, 2.24) is 4.57 Å². The summed E-state index contributed by atoms with van der Waals surface area (Å²) in [6, 6.07) is 13.8. The minimum atomic E-state index is 0.00718. The summed E-state index contributed by atoms with van der Waals surface area (Å²) in [5, 5.41) is 9.02. The Balaban J connectivity index is 2.41. The molecule has 1 aromatic heterocycles. The number of nitriles is 1. The second-order valence-electron chi connectivity index (χ2n) is 3.72. The zero-order valence-corrected chi connectivity index (χ0v) is 10.8. The third-order valence-electron chi connectivity index (χ3n) is 2.71. The number of halogens is 1. The van der Waals surface area contributed by atoms with Crippen LogP contribution in [0.3, 0.4) is 0 Å². The van der Waals surface area contributed by atoms with Gasteiger partial charge in [-0.2, -0.15) is 5.26 Å². The second kappa shape index (κ2) is 5.17. The summed E-state index contributed by atoms with van der Waals surface area (Å²) in [5.41, 5.74) is 7.54. The first kappa shape index (κ1) is 11.9. The number of rotatable bonds is 3. The molecule has 0 radical (unpaired) electrons. The molecule has 0 saturated carbocycles. The van der Waals surface area contributed by atoms with Gasteiger partial charge >= 0.3 is 0 Å². The molecular weight excluding hydrogens is 278 g/mol. The van der Waals surface area contributed by atoms with Gasteiger partial charge in [-0.15, -0.1) is 0 Å². The van der Waals surface area contributed by atoms with E-state index in [0.29, 0.717) is 12.2 Å². The van der Waals surface area contributed by atoms with Crippen molar-refractivity contribution in [2.45, 2.75) is 6.04 Å². The summed E-state index contributed by atoms with van der Waals surface area (Å²) in [7, 11) is 0. The quantitative estimate of drug-likeness (QED) is 0.944. The van der Waals surface area contributed by atoms with Crippen molar-refractivity contribution in [3.63, 3.8) is 0 Å². The Kier molecular flexibility index (Phi) is 3.62. The van der Waals surface area contributed by atoms with Crippen LogP contribution in [0.25, 0.3) is 0 Å². The monoisotopic (exact) mass is 289 g/mol. The smallest absolute Gasteiger partial charge is 0.120 e. The van der Waals surface area contributed by atoms with Crippen LogP contribution in [-0.4, -0.2) is 11.1 Å². The van der Waals surface area contributed by atoms with Gasteiger partial charge in [-0.05, 0) is 29.8 Å². The summed E-state index contributed by atoms with van der Waals surface area (Å²) in [6.45, 7) is 0.463. The number of aromatic nitrogens is 1. The van der Waals surface area contributed by atoms with E-state index < -0.39 is 0 Å². The van der Waals surface area contributed by atoms with E-state index in [0.717, 1.165) is 10.0 Å². The molecule has 0 aliphatic heterocycles. The van der Waals surface area contributed by atoms with Crippen LogP contribution in [0.15, 0.2) is 47.1 Å². The Labute approximate surface area is 109 Å². The Bertz CT molecular complexity index is 537. The highest BCUT2D eigenvalue weighted by Gasteiger charge is 2.13. The van der Waals surface area contributed by atoms with Crippen molar-refractivity contribution in [1.29, 1.82) is 5.26 Å². The van der Waals surface area contributed by atoms with Crippen molar-refractivity contribution in [2.24, 2.45) is 5.73 Å². The Morgan fingerprint density at radius 3 is 2.59 bits per heavy atom. The lowest BCUT2D eigenvalue weighted by Crippen LogP contribution is -2.20. The molecule has 1 atom stereocenters. The van der Waals surface area contributed by atoms with Gasteiger partial charge in [0.25, 0.3) is 0 Å². The number of nitrogens with two attached hydrogens (primary N) is 1. The highest BCUT2D eigenvalue weighted by molar-refractivity contribution is 9.10. The van der Waals surface area contributed by atoms with Gasteiger partial charge in [0.05, 0.1) is 6.04 Å². The van der Waals surface area contributed by atoms with Gasteiger partial charge in [-0.1, -0.05) is 28.1 Å². The van der Waals surface area contributed by atoms with Gasteiger partial charge in [0.1, 0.15) is 11.8 Å². The first-order valence-corrected chi connectivity index (χ1v) is 6.08. The van der Waals surface area contributed by atoms with Crippen LogP contribution in [0.1, 0.15) is 17.3 Å². The van der Waals surface area contributed by atoms with Gasteiger partial charge in [0.2, 0.25) is 0 Å². The van der Waals surface area contributed by atoms with Crippen LogP contribution in [0.2, 0.25) is 0 Å². The van der Waals surface area contributed by atoms with Gasteiger partial charge in [0.15, 0.2) is 0 Å². The number of benzene rings is 1. The minimum absolute atomic E-state index is 0.00718. The molecule has 0 saturated heterocycles. The number of hydrogen-bond acceptors (Lipinski definition) is 2. The molecule has 1 heterocycles. The molecule has 0 aliphatic carbocycles. The van der Waals surface area contributed by atoms with Gasteiger partial charge in [-0.25, -0.2) is 0 Å². The van der Waals surface area contributed by atoms with E-state index in [2.05, 4.69) is 22.0 Å². The van der Waals surface area contributed by atoms with Crippen molar-refractivity contribution < 1.29 is 0 Å². The molecule has 1 unspecified atom stereocenters. The standard InChI is InChI=1S/C13H12BrN3/c14-11-5-3-10(4-6-11)13(9-16)17-7-1-2-12(17)8-15/h1-7,13H,9,16H2. The fourth-order valence-corrected chi connectivity index (χ4v) is 2.12. The Hall–Kier alpha value is -1.57. The summed E-state index contributed by atoms with van der Waals surface area (Å²) in [5.74, 6) is 0. The summed E-state index contributed by atoms with van der Waals surface area (Å²) >= 11 is 3.40. The lowest BCUT2D eigenvalue weighted by molar-refractivity contribution is 0.592. The highest BCUT2D eigenvalue weighted by Crippen LogP contribution is 2.21. The van der Waals surface area contributed by atoms with Crippen LogP contribution in [0, 0.1) is 11.3 Å². The lowest BCUT2D eigenvalue weighted by Gasteiger charge is -2.18. The number of hydrogen-bond donors (Lipinski definition) is 1. The third-order valence-corrected chi connectivity index (χ3v) is 3.24. The molecule has 2 rings (SSSR count). The zero-order valence-electron chi connectivity index (χ0n) is 9.18. The molecule has 2 aromatic rings. The van der Waals surface area contributed by atoms with Gasteiger partial charge in [0, 0.05) is 17.2 Å². The normalized spacial score (nSPS) is 12.1. The maximum atomic E-state index is 9.02. The summed E-state index contributed by atoms with van der Waals surface area (Å²) in [4.78, 5) is 0. The molecule has 3 nitrogen and oxygen atoms in total. The molecule has 0 fully saturated rings. The van der Waals surface area contributed by atoms with Crippen molar-refractivity contribution >= 4 is 15.9 Å². The molecule has 17 heavy (non-hydrogen) atoms. The van der Waals surface area contributed by atoms with E-state index in [9.17, 15) is 0 Å². The van der Waals surface area contributed by atoms with Crippen LogP contribution < -0.4 is 5.73 Å². The second-order valence-corrected chi connectivity index (χ2v) is 4.63. The molecule has 4 heteroatoms. The minimum Gasteiger partial charge on any atom is -0.331 e. The predicted molar refractivity (Wildman–Crippen MR) is 70.5 cm³/mol. The fraction of sp³-hybridized carbons (Fsp3) is 0.154. The van der Waals surface area contributed by atoms with E-state index in [1.807, 2.05) is 41.1 Å². The van der Waals surface area contributed by atoms with E-state index in [1.165, 1.54) is 0 Å². The fourth-order valence-electron chi connectivity index (χ4n) is 1.86. The SMILES string of the molecule is N#Cc1cccn1C(CN)c1ccc(Br)cc1. The predicted octanol–water partition coefficient (Wildman–Crippen LogP) is 2.67. The molecular formula is C13H12BrN3. The Morgan fingerprint density at radius 1 is 1.29 bits per heavy atom. The molecule has 0 amide bonds. The van der Waals surface area contributed by atoms with Crippen LogP contribution in [0.4, 0.5) is 0 Å². The third kappa shape index (κ3) is 2.41. The molecule has 1 aromatic carbocycles. The first-order valence-electron chi connectivity index (χ1n) is 5.28. The van der Waals surface area contributed by atoms with Crippen molar-refractivity contribution in [3.05, 3.63) is 58.3 Å². The topological polar surface area (TPSA) is 54.7 Å². The maximum Gasteiger partial charge on any atom is 0.120 e. The zero-order chi connectivity index (χ0) is 12.3.